The molecule has 0 atom stereocenters. The van der Waals surface area contributed by atoms with Crippen molar-refractivity contribution in [2.45, 2.75) is 6.92 Å². The van der Waals surface area contributed by atoms with Crippen molar-refractivity contribution in [3.05, 3.63) is 40.9 Å². The van der Waals surface area contributed by atoms with Crippen LogP contribution >= 0.6 is 15.9 Å². The summed E-state index contributed by atoms with van der Waals surface area (Å²) in [5.74, 6) is 0. The topological polar surface area (TPSA) is 17.8 Å². The second-order valence-corrected chi connectivity index (χ2v) is 3.40. The van der Waals surface area contributed by atoms with Gasteiger partial charge < -0.3 is 4.57 Å². The van der Waals surface area contributed by atoms with E-state index in [1.54, 1.807) is 6.33 Å². The summed E-state index contributed by atoms with van der Waals surface area (Å²) in [6, 6.07) is 5.91. The van der Waals surface area contributed by atoms with E-state index in [-0.39, 0.29) is 0 Å². The van der Waals surface area contributed by atoms with Crippen molar-refractivity contribution in [1.82, 2.24) is 9.55 Å². The van der Waals surface area contributed by atoms with E-state index in [0.717, 1.165) is 10.2 Å². The lowest BCUT2D eigenvalue weighted by Crippen LogP contribution is -1.85. The maximum absolute atomic E-state index is 4.24. The molecule has 0 bridgehead atoms. The van der Waals surface area contributed by atoms with Crippen LogP contribution < -0.4 is 0 Å². The van der Waals surface area contributed by atoms with Gasteiger partial charge in [-0.2, -0.15) is 0 Å². The maximum Gasteiger partial charge on any atom is 0.0945 e. The first-order valence-electron chi connectivity index (χ1n) is 3.67. The minimum Gasteiger partial charge on any atom is -0.342 e. The zero-order valence-electron chi connectivity index (χ0n) is 7.16. The lowest BCUT2D eigenvalue weighted by Gasteiger charge is -1.89. The van der Waals surface area contributed by atoms with Gasteiger partial charge in [-0.25, -0.2) is 4.98 Å². The molecule has 0 amide bonds. The Morgan fingerprint density at radius 3 is 2.92 bits per heavy atom. The van der Waals surface area contributed by atoms with Gasteiger partial charge in [-0.05, 0) is 35.0 Å². The summed E-state index contributed by atoms with van der Waals surface area (Å²) in [5.41, 5.74) is 0.974. The first-order valence-corrected chi connectivity index (χ1v) is 4.47. The predicted octanol–water partition coefficient (Wildman–Crippen LogP) is 2.62. The second-order valence-electron chi connectivity index (χ2n) is 2.54. The molecular formula is C9H11BrN2. The Morgan fingerprint density at radius 1 is 1.42 bits per heavy atom. The van der Waals surface area contributed by atoms with Gasteiger partial charge in [0.1, 0.15) is 0 Å². The zero-order chi connectivity index (χ0) is 8.97. The molecule has 0 N–H and O–H groups in total. The first kappa shape index (κ1) is 9.26. The first-order chi connectivity index (χ1) is 5.70. The summed E-state index contributed by atoms with van der Waals surface area (Å²) in [7, 11) is 1.94. The Hall–Kier alpha value is -0.830. The zero-order valence-corrected chi connectivity index (χ0v) is 8.75. The molecule has 0 radical (unpaired) electrons. The van der Waals surface area contributed by atoms with Crippen molar-refractivity contribution in [3.63, 3.8) is 0 Å². The highest BCUT2D eigenvalue weighted by atomic mass is 79.9. The van der Waals surface area contributed by atoms with Gasteiger partial charge in [0.05, 0.1) is 12.0 Å². The molecule has 12 heavy (non-hydrogen) atoms. The van der Waals surface area contributed by atoms with Crippen LogP contribution in [0.15, 0.2) is 35.2 Å². The summed E-state index contributed by atoms with van der Waals surface area (Å²) in [6.07, 6.45) is 3.72. The average molecular weight is 227 g/mol. The van der Waals surface area contributed by atoms with E-state index >= 15 is 0 Å². The van der Waals surface area contributed by atoms with Crippen molar-refractivity contribution in [1.29, 1.82) is 0 Å². The molecule has 0 spiro atoms. The molecule has 0 saturated heterocycles. The minimum atomic E-state index is 0.974. The Bertz CT molecular complexity index is 316. The summed E-state index contributed by atoms with van der Waals surface area (Å²) < 4.78 is 2.91. The Kier molecular flexibility index (Phi) is 3.29. The fourth-order valence-corrected chi connectivity index (χ4v) is 0.979. The molecule has 0 unspecified atom stereocenters. The van der Waals surface area contributed by atoms with Gasteiger partial charge in [0.25, 0.3) is 0 Å². The molecule has 0 aliphatic heterocycles. The summed E-state index contributed by atoms with van der Waals surface area (Å²) in [4.78, 5) is 4.24. The molecule has 3 heteroatoms. The van der Waals surface area contributed by atoms with Gasteiger partial charge in [0.15, 0.2) is 0 Å². The van der Waals surface area contributed by atoms with Gasteiger partial charge in [0.2, 0.25) is 0 Å². The summed E-state index contributed by atoms with van der Waals surface area (Å²) in [5, 5.41) is 0. The molecular weight excluding hydrogens is 216 g/mol. The molecule has 2 nitrogen and oxygen atoms in total. The van der Waals surface area contributed by atoms with Crippen molar-refractivity contribution in [2.75, 3.05) is 0 Å². The third-order valence-electron chi connectivity index (χ3n) is 1.45. The molecule has 1 heterocycles. The van der Waals surface area contributed by atoms with Gasteiger partial charge in [-0.15, -0.1) is 0 Å². The Labute approximate surface area is 80.7 Å². The van der Waals surface area contributed by atoms with Crippen LogP contribution in [0.4, 0.5) is 0 Å². The molecule has 1 aromatic rings. The van der Waals surface area contributed by atoms with E-state index in [1.165, 1.54) is 0 Å². The average Bonchev–Trinajstić information content (AvgIpc) is 2.11. The quantitative estimate of drug-likeness (QED) is 0.666. The van der Waals surface area contributed by atoms with Crippen LogP contribution in [0.1, 0.15) is 5.69 Å². The van der Waals surface area contributed by atoms with Crippen LogP contribution in [0.3, 0.4) is 0 Å². The number of rotatable bonds is 0. The molecule has 0 saturated carbocycles. The fourth-order valence-electron chi connectivity index (χ4n) is 0.724. The highest BCUT2D eigenvalue weighted by Crippen LogP contribution is 2.08. The lowest BCUT2D eigenvalue weighted by molar-refractivity contribution is 0.871. The minimum absolute atomic E-state index is 0.974. The highest BCUT2D eigenvalue weighted by Gasteiger charge is 1.86. The predicted molar refractivity (Wildman–Crippen MR) is 53.3 cm³/mol. The van der Waals surface area contributed by atoms with Crippen LogP contribution in [0.2, 0.25) is 0 Å². The van der Waals surface area contributed by atoms with Crippen LogP contribution in [0.5, 0.6) is 0 Å². The van der Waals surface area contributed by atoms with E-state index in [1.807, 2.05) is 42.9 Å². The van der Waals surface area contributed by atoms with E-state index in [2.05, 4.69) is 20.9 Å². The van der Waals surface area contributed by atoms with Crippen molar-refractivity contribution < 1.29 is 0 Å². The van der Waals surface area contributed by atoms with Gasteiger partial charge in [0, 0.05) is 17.7 Å². The van der Waals surface area contributed by atoms with Crippen LogP contribution in [0.25, 0.3) is 0 Å². The van der Waals surface area contributed by atoms with Crippen molar-refractivity contribution in [3.8, 4) is 0 Å². The smallest absolute Gasteiger partial charge is 0.0945 e. The van der Waals surface area contributed by atoms with E-state index in [4.69, 9.17) is 0 Å². The fraction of sp³-hybridized carbons (Fsp3) is 0.222. The lowest BCUT2D eigenvalue weighted by atomic mass is 10.4. The van der Waals surface area contributed by atoms with Crippen LogP contribution in [0, 0.1) is 6.92 Å². The van der Waals surface area contributed by atoms with E-state index in [9.17, 15) is 0 Å². The number of nitrogens with zero attached hydrogens (tertiary/aromatic N) is 2. The number of halogens is 1. The number of hydrogen-bond acceptors (Lipinski definition) is 1. The van der Waals surface area contributed by atoms with Gasteiger partial charge in [-0.3, -0.25) is 0 Å². The van der Waals surface area contributed by atoms with Crippen molar-refractivity contribution >= 4 is 15.9 Å². The van der Waals surface area contributed by atoms with Gasteiger partial charge >= 0.3 is 0 Å². The summed E-state index contributed by atoms with van der Waals surface area (Å²) >= 11 is 3.42. The standard InChI is InChI=1S/C9H11BrN2/c1-8-9(10)5-3-4-6-12(2)7-11-8/h3-7H,1-2H3. The Morgan fingerprint density at radius 2 is 2.17 bits per heavy atom. The molecule has 0 aromatic carbocycles. The molecule has 1 aromatic heterocycles. The van der Waals surface area contributed by atoms with Gasteiger partial charge in [-0.1, -0.05) is 6.07 Å². The SMILES string of the molecule is Cc1ncn(C)ccccc1Br. The second kappa shape index (κ2) is 4.26. The number of aromatic nitrogens is 2. The molecule has 0 aliphatic carbocycles. The highest BCUT2D eigenvalue weighted by molar-refractivity contribution is 9.10. The number of hydrogen-bond donors (Lipinski definition) is 0. The Balaban J connectivity index is 3.35. The molecule has 0 aliphatic rings. The van der Waals surface area contributed by atoms with Crippen LogP contribution in [-0.4, -0.2) is 9.55 Å². The van der Waals surface area contributed by atoms with Crippen LogP contribution in [-0.2, 0) is 7.05 Å². The van der Waals surface area contributed by atoms with E-state index in [0.29, 0.717) is 0 Å². The normalized spacial score (nSPS) is 9.25. The largest absolute Gasteiger partial charge is 0.342 e. The van der Waals surface area contributed by atoms with Crippen molar-refractivity contribution in [2.24, 2.45) is 7.05 Å². The summed E-state index contributed by atoms with van der Waals surface area (Å²) in [6.45, 7) is 1.96. The maximum atomic E-state index is 4.24. The molecule has 64 valence electrons. The third-order valence-corrected chi connectivity index (χ3v) is 2.29. The monoisotopic (exact) mass is 226 g/mol. The third kappa shape index (κ3) is 2.66. The number of aryl methyl sites for hydroxylation is 2. The van der Waals surface area contributed by atoms with E-state index < -0.39 is 0 Å². The molecule has 0 fully saturated rings. The molecule has 1 rings (SSSR count).